The van der Waals surface area contributed by atoms with Crippen LogP contribution in [0, 0.1) is 0 Å². The van der Waals surface area contributed by atoms with Gasteiger partial charge in [0, 0.05) is 29.5 Å². The van der Waals surface area contributed by atoms with E-state index in [-0.39, 0.29) is 5.91 Å². The number of carbonyl (C=O) groups excluding carboxylic acids is 1. The van der Waals surface area contributed by atoms with Crippen LogP contribution in [0.15, 0.2) is 30.3 Å². The lowest BCUT2D eigenvalue weighted by molar-refractivity contribution is 0.102. The molecule has 0 aliphatic carbocycles. The molecule has 0 radical (unpaired) electrons. The van der Waals surface area contributed by atoms with Gasteiger partial charge in [0.15, 0.2) is 0 Å². The van der Waals surface area contributed by atoms with E-state index in [1.807, 2.05) is 6.07 Å². The van der Waals surface area contributed by atoms with Gasteiger partial charge in [0.2, 0.25) is 0 Å². The zero-order chi connectivity index (χ0) is 15.8. The van der Waals surface area contributed by atoms with Crippen molar-refractivity contribution in [1.29, 1.82) is 0 Å². The molecule has 5 nitrogen and oxygen atoms in total. The SMILES string of the molecule is COc1ccc(C(=O)Nc2c3c(cc4c2OCC4)OCC3)cc1. The van der Waals surface area contributed by atoms with Gasteiger partial charge in [-0.3, -0.25) is 4.79 Å². The van der Waals surface area contributed by atoms with E-state index in [0.717, 1.165) is 46.9 Å². The highest BCUT2D eigenvalue weighted by atomic mass is 16.5. The molecule has 0 spiro atoms. The maximum atomic E-state index is 12.6. The Bertz CT molecular complexity index is 735. The second-order valence-electron chi connectivity index (χ2n) is 5.60. The molecule has 2 aliphatic rings. The van der Waals surface area contributed by atoms with Crippen LogP contribution in [-0.2, 0) is 12.8 Å². The van der Waals surface area contributed by atoms with Crippen LogP contribution in [0.5, 0.6) is 17.2 Å². The standard InChI is InChI=1S/C18H17NO4/c1-21-13-4-2-11(3-5-13)18(20)19-16-14-7-9-22-15(14)10-12-6-8-23-17(12)16/h2-5,10H,6-9H2,1H3,(H,19,20). The van der Waals surface area contributed by atoms with Crippen LogP contribution >= 0.6 is 0 Å². The van der Waals surface area contributed by atoms with Crippen LogP contribution in [0.25, 0.3) is 0 Å². The molecule has 4 rings (SSSR count). The number of rotatable bonds is 3. The fraction of sp³-hybridized carbons (Fsp3) is 0.278. The third-order valence-electron chi connectivity index (χ3n) is 4.24. The zero-order valence-electron chi connectivity index (χ0n) is 12.8. The average Bonchev–Trinajstić information content (AvgIpc) is 3.23. The smallest absolute Gasteiger partial charge is 0.255 e. The van der Waals surface area contributed by atoms with E-state index in [2.05, 4.69) is 5.32 Å². The first-order valence-corrected chi connectivity index (χ1v) is 7.66. The molecule has 118 valence electrons. The number of hydrogen-bond donors (Lipinski definition) is 1. The lowest BCUT2D eigenvalue weighted by atomic mass is 10.0. The summed E-state index contributed by atoms with van der Waals surface area (Å²) in [4.78, 5) is 12.6. The lowest BCUT2D eigenvalue weighted by Gasteiger charge is -2.14. The Hall–Kier alpha value is -2.69. The van der Waals surface area contributed by atoms with Crippen molar-refractivity contribution in [2.24, 2.45) is 0 Å². The van der Waals surface area contributed by atoms with Gasteiger partial charge in [0.05, 0.1) is 26.0 Å². The quantitative estimate of drug-likeness (QED) is 0.947. The molecule has 0 saturated heterocycles. The fourth-order valence-corrected chi connectivity index (χ4v) is 3.05. The summed E-state index contributed by atoms with van der Waals surface area (Å²) in [6.45, 7) is 1.28. The summed E-state index contributed by atoms with van der Waals surface area (Å²) in [5, 5.41) is 3.01. The molecule has 2 aromatic rings. The normalized spacial score (nSPS) is 14.5. The molecular formula is C18H17NO4. The molecule has 5 heteroatoms. The number of ether oxygens (including phenoxy) is 3. The van der Waals surface area contributed by atoms with Crippen molar-refractivity contribution >= 4 is 11.6 Å². The van der Waals surface area contributed by atoms with Crippen molar-refractivity contribution in [3.05, 3.63) is 47.0 Å². The van der Waals surface area contributed by atoms with Crippen LogP contribution in [-0.4, -0.2) is 26.2 Å². The minimum atomic E-state index is -0.161. The molecule has 23 heavy (non-hydrogen) atoms. The molecular weight excluding hydrogens is 294 g/mol. The molecule has 1 amide bonds. The highest BCUT2D eigenvalue weighted by Gasteiger charge is 2.27. The van der Waals surface area contributed by atoms with Crippen molar-refractivity contribution < 1.29 is 19.0 Å². The van der Waals surface area contributed by atoms with Gasteiger partial charge in [-0.1, -0.05) is 0 Å². The number of anilines is 1. The highest BCUT2D eigenvalue weighted by molar-refractivity contribution is 6.06. The number of methoxy groups -OCH3 is 1. The predicted molar refractivity (Wildman–Crippen MR) is 85.8 cm³/mol. The molecule has 2 heterocycles. The Morgan fingerprint density at radius 1 is 1.13 bits per heavy atom. The third kappa shape index (κ3) is 2.38. The number of fused-ring (bicyclic) bond motifs is 2. The Kier molecular flexibility index (Phi) is 3.33. The van der Waals surface area contributed by atoms with Gasteiger partial charge >= 0.3 is 0 Å². The highest BCUT2D eigenvalue weighted by Crippen LogP contribution is 2.44. The Morgan fingerprint density at radius 2 is 1.91 bits per heavy atom. The lowest BCUT2D eigenvalue weighted by Crippen LogP contribution is -2.14. The molecule has 0 atom stereocenters. The Balaban J connectivity index is 1.67. The summed E-state index contributed by atoms with van der Waals surface area (Å²) in [6.07, 6.45) is 1.63. The molecule has 0 bridgehead atoms. The van der Waals surface area contributed by atoms with Gasteiger partial charge < -0.3 is 19.5 Å². The van der Waals surface area contributed by atoms with Crippen molar-refractivity contribution in [3.63, 3.8) is 0 Å². The first kappa shape index (κ1) is 13.9. The van der Waals surface area contributed by atoms with Gasteiger partial charge in [0.25, 0.3) is 5.91 Å². The summed E-state index contributed by atoms with van der Waals surface area (Å²) in [7, 11) is 1.60. The van der Waals surface area contributed by atoms with Gasteiger partial charge in [-0.05, 0) is 30.3 Å². The van der Waals surface area contributed by atoms with E-state index in [4.69, 9.17) is 14.2 Å². The minimum Gasteiger partial charge on any atom is -0.497 e. The van der Waals surface area contributed by atoms with Crippen molar-refractivity contribution in [3.8, 4) is 17.2 Å². The second-order valence-corrected chi connectivity index (χ2v) is 5.60. The Morgan fingerprint density at radius 3 is 2.70 bits per heavy atom. The van der Waals surface area contributed by atoms with Gasteiger partial charge in [-0.2, -0.15) is 0 Å². The molecule has 0 aromatic heterocycles. The van der Waals surface area contributed by atoms with E-state index in [9.17, 15) is 4.79 Å². The van der Waals surface area contributed by atoms with Crippen molar-refractivity contribution in [1.82, 2.24) is 0 Å². The summed E-state index contributed by atoms with van der Waals surface area (Å²) < 4.78 is 16.5. The first-order chi connectivity index (χ1) is 11.3. The summed E-state index contributed by atoms with van der Waals surface area (Å²) >= 11 is 0. The van der Waals surface area contributed by atoms with Crippen LogP contribution in [0.3, 0.4) is 0 Å². The van der Waals surface area contributed by atoms with Crippen LogP contribution in [0.2, 0.25) is 0 Å². The average molecular weight is 311 g/mol. The van der Waals surface area contributed by atoms with Crippen LogP contribution < -0.4 is 19.5 Å². The van der Waals surface area contributed by atoms with Crippen LogP contribution in [0.4, 0.5) is 5.69 Å². The maximum absolute atomic E-state index is 12.6. The van der Waals surface area contributed by atoms with Gasteiger partial charge in [0.1, 0.15) is 17.2 Å². The summed E-state index contributed by atoms with van der Waals surface area (Å²) in [5.41, 5.74) is 3.45. The van der Waals surface area contributed by atoms with Gasteiger partial charge in [-0.25, -0.2) is 0 Å². The molecule has 1 N–H and O–H groups in total. The third-order valence-corrected chi connectivity index (χ3v) is 4.24. The minimum absolute atomic E-state index is 0.161. The van der Waals surface area contributed by atoms with E-state index < -0.39 is 0 Å². The molecule has 0 saturated carbocycles. The second kappa shape index (κ2) is 5.50. The molecule has 2 aromatic carbocycles. The van der Waals surface area contributed by atoms with E-state index in [1.54, 1.807) is 31.4 Å². The molecule has 0 unspecified atom stereocenters. The number of carbonyl (C=O) groups is 1. The maximum Gasteiger partial charge on any atom is 0.255 e. The topological polar surface area (TPSA) is 56.8 Å². The van der Waals surface area contributed by atoms with E-state index in [0.29, 0.717) is 18.8 Å². The van der Waals surface area contributed by atoms with Crippen LogP contribution in [0.1, 0.15) is 21.5 Å². The van der Waals surface area contributed by atoms with E-state index >= 15 is 0 Å². The summed E-state index contributed by atoms with van der Waals surface area (Å²) in [6, 6.07) is 9.07. The van der Waals surface area contributed by atoms with E-state index in [1.165, 1.54) is 0 Å². The summed E-state index contributed by atoms with van der Waals surface area (Å²) in [5.74, 6) is 2.21. The zero-order valence-corrected chi connectivity index (χ0v) is 12.8. The van der Waals surface area contributed by atoms with Crippen molar-refractivity contribution in [2.45, 2.75) is 12.8 Å². The van der Waals surface area contributed by atoms with Gasteiger partial charge in [-0.15, -0.1) is 0 Å². The number of benzene rings is 2. The number of hydrogen-bond acceptors (Lipinski definition) is 4. The largest absolute Gasteiger partial charge is 0.497 e. The predicted octanol–water partition coefficient (Wildman–Crippen LogP) is 2.82. The van der Waals surface area contributed by atoms with Crippen molar-refractivity contribution in [2.75, 3.05) is 25.6 Å². The number of amides is 1. The first-order valence-electron chi connectivity index (χ1n) is 7.66. The molecule has 2 aliphatic heterocycles. The monoisotopic (exact) mass is 311 g/mol. The molecule has 0 fully saturated rings. The Labute approximate surface area is 134 Å². The number of nitrogens with one attached hydrogen (secondary N) is 1. The fourth-order valence-electron chi connectivity index (χ4n) is 3.05.